The Morgan fingerprint density at radius 3 is 2.71 bits per heavy atom. The summed E-state index contributed by atoms with van der Waals surface area (Å²) >= 11 is 0. The van der Waals surface area contributed by atoms with Gasteiger partial charge in [-0.3, -0.25) is 14.4 Å². The van der Waals surface area contributed by atoms with Gasteiger partial charge in [0.15, 0.2) is 11.5 Å². The minimum absolute atomic E-state index is 0.0312. The summed E-state index contributed by atoms with van der Waals surface area (Å²) < 4.78 is 11.4. The van der Waals surface area contributed by atoms with Gasteiger partial charge in [0.2, 0.25) is 17.7 Å². The van der Waals surface area contributed by atoms with Gasteiger partial charge in [-0.1, -0.05) is 24.3 Å². The van der Waals surface area contributed by atoms with Crippen LogP contribution in [-0.4, -0.2) is 48.9 Å². The van der Waals surface area contributed by atoms with Crippen molar-refractivity contribution in [3.8, 4) is 11.5 Å². The molecule has 0 saturated carbocycles. The largest absolute Gasteiger partial charge is 0.486 e. The SMILES string of the molecule is CCN(Cc1cccc2c1OCCO2)C(=O)CCC(=O)N1CC(=O)Nc2ccccc21. The molecule has 0 saturated heterocycles. The molecule has 0 atom stereocenters. The van der Waals surface area contributed by atoms with Crippen LogP contribution in [0.1, 0.15) is 25.3 Å². The molecular weight excluding hydrogens is 398 g/mol. The van der Waals surface area contributed by atoms with Crippen molar-refractivity contribution >= 4 is 29.1 Å². The molecule has 0 aliphatic carbocycles. The maximum atomic E-state index is 12.8. The molecule has 2 aromatic rings. The van der Waals surface area contributed by atoms with E-state index in [0.717, 1.165) is 5.56 Å². The standard InChI is InChI=1S/C23H25N3O5/c1-2-25(14-16-6-5-9-19-23(16)31-13-12-30-19)21(28)10-11-22(29)26-15-20(27)24-17-7-3-4-8-18(17)26/h3-9H,2,10-15H2,1H3,(H,24,27). The number of hydrogen-bond donors (Lipinski definition) is 1. The Hall–Kier alpha value is -3.55. The third-order valence-electron chi connectivity index (χ3n) is 5.37. The second-order valence-electron chi connectivity index (χ2n) is 7.39. The lowest BCUT2D eigenvalue weighted by molar-refractivity contribution is -0.133. The van der Waals surface area contributed by atoms with Gasteiger partial charge in [-0.2, -0.15) is 0 Å². The molecular formula is C23H25N3O5. The smallest absolute Gasteiger partial charge is 0.244 e. The molecule has 0 fully saturated rings. The minimum atomic E-state index is -0.250. The third-order valence-corrected chi connectivity index (χ3v) is 5.37. The molecule has 1 N–H and O–H groups in total. The van der Waals surface area contributed by atoms with Gasteiger partial charge < -0.3 is 24.6 Å². The number of ether oxygens (including phenoxy) is 2. The maximum Gasteiger partial charge on any atom is 0.244 e. The number of rotatable bonds is 6. The Balaban J connectivity index is 1.40. The van der Waals surface area contributed by atoms with Crippen LogP contribution in [0, 0.1) is 0 Å². The molecule has 2 aliphatic rings. The number of amides is 3. The normalized spacial score (nSPS) is 14.5. The molecule has 31 heavy (non-hydrogen) atoms. The molecule has 162 valence electrons. The monoisotopic (exact) mass is 423 g/mol. The van der Waals surface area contributed by atoms with Crippen LogP contribution < -0.4 is 19.7 Å². The summed E-state index contributed by atoms with van der Waals surface area (Å²) in [6, 6.07) is 12.8. The second kappa shape index (κ2) is 9.07. The summed E-state index contributed by atoms with van der Waals surface area (Å²) in [6.45, 7) is 3.72. The van der Waals surface area contributed by atoms with Crippen LogP contribution in [0.25, 0.3) is 0 Å². The van der Waals surface area contributed by atoms with Crippen LogP contribution in [-0.2, 0) is 20.9 Å². The van der Waals surface area contributed by atoms with E-state index in [9.17, 15) is 14.4 Å². The highest BCUT2D eigenvalue weighted by Gasteiger charge is 2.27. The van der Waals surface area contributed by atoms with Crippen LogP contribution in [0.4, 0.5) is 11.4 Å². The number of nitrogens with one attached hydrogen (secondary N) is 1. The van der Waals surface area contributed by atoms with Crippen LogP contribution in [0.3, 0.4) is 0 Å². The minimum Gasteiger partial charge on any atom is -0.486 e. The van der Waals surface area contributed by atoms with Gasteiger partial charge in [-0.25, -0.2) is 0 Å². The Morgan fingerprint density at radius 2 is 1.87 bits per heavy atom. The lowest BCUT2D eigenvalue weighted by Gasteiger charge is -2.29. The first-order valence-electron chi connectivity index (χ1n) is 10.4. The quantitative estimate of drug-likeness (QED) is 0.772. The summed E-state index contributed by atoms with van der Waals surface area (Å²) in [5.74, 6) is 0.738. The Kier molecular flexibility index (Phi) is 6.06. The molecule has 0 bridgehead atoms. The van der Waals surface area contributed by atoms with E-state index in [4.69, 9.17) is 9.47 Å². The number of carbonyl (C=O) groups excluding carboxylic acids is 3. The average molecular weight is 423 g/mol. The van der Waals surface area contributed by atoms with Gasteiger partial charge in [0.05, 0.1) is 11.4 Å². The molecule has 0 radical (unpaired) electrons. The molecule has 0 aromatic heterocycles. The number of anilines is 2. The van der Waals surface area contributed by atoms with Crippen molar-refractivity contribution in [2.24, 2.45) is 0 Å². The van der Waals surface area contributed by atoms with E-state index in [1.165, 1.54) is 4.90 Å². The fourth-order valence-electron chi connectivity index (χ4n) is 3.80. The lowest BCUT2D eigenvalue weighted by atomic mass is 10.1. The highest BCUT2D eigenvalue weighted by molar-refractivity contribution is 6.10. The van der Waals surface area contributed by atoms with E-state index in [1.54, 1.807) is 23.1 Å². The molecule has 4 rings (SSSR count). The molecule has 8 heteroatoms. The lowest BCUT2D eigenvalue weighted by Crippen LogP contribution is -2.42. The van der Waals surface area contributed by atoms with Crippen molar-refractivity contribution in [1.29, 1.82) is 0 Å². The zero-order valence-electron chi connectivity index (χ0n) is 17.4. The average Bonchev–Trinajstić information content (AvgIpc) is 2.80. The van der Waals surface area contributed by atoms with Crippen LogP contribution in [0.15, 0.2) is 42.5 Å². The summed E-state index contributed by atoms with van der Waals surface area (Å²) in [6.07, 6.45) is 0.1000. The van der Waals surface area contributed by atoms with Crippen LogP contribution in [0.5, 0.6) is 11.5 Å². The highest BCUT2D eigenvalue weighted by Crippen LogP contribution is 2.34. The van der Waals surface area contributed by atoms with E-state index >= 15 is 0 Å². The number of fused-ring (bicyclic) bond motifs is 2. The zero-order chi connectivity index (χ0) is 21.8. The Morgan fingerprint density at radius 1 is 1.06 bits per heavy atom. The van der Waals surface area contributed by atoms with Crippen molar-refractivity contribution in [3.63, 3.8) is 0 Å². The number of para-hydroxylation sites is 3. The van der Waals surface area contributed by atoms with Gasteiger partial charge >= 0.3 is 0 Å². The molecule has 0 unspecified atom stereocenters. The molecule has 2 aliphatic heterocycles. The second-order valence-corrected chi connectivity index (χ2v) is 7.39. The Bertz CT molecular complexity index is 1010. The van der Waals surface area contributed by atoms with E-state index in [1.807, 2.05) is 31.2 Å². The molecule has 8 nitrogen and oxygen atoms in total. The topological polar surface area (TPSA) is 88.2 Å². The van der Waals surface area contributed by atoms with Gasteiger partial charge in [-0.05, 0) is 25.1 Å². The first-order chi connectivity index (χ1) is 15.1. The predicted molar refractivity (Wildman–Crippen MR) is 115 cm³/mol. The number of nitrogens with zero attached hydrogens (tertiary/aromatic N) is 2. The fraction of sp³-hybridized carbons (Fsp3) is 0.348. The van der Waals surface area contributed by atoms with E-state index in [0.29, 0.717) is 49.2 Å². The van der Waals surface area contributed by atoms with Gasteiger partial charge in [0.25, 0.3) is 0 Å². The summed E-state index contributed by atoms with van der Waals surface area (Å²) in [5.41, 5.74) is 2.13. The highest BCUT2D eigenvalue weighted by atomic mass is 16.6. The van der Waals surface area contributed by atoms with Crippen LogP contribution >= 0.6 is 0 Å². The fourth-order valence-corrected chi connectivity index (χ4v) is 3.80. The number of benzene rings is 2. The molecule has 3 amide bonds. The van der Waals surface area contributed by atoms with Gasteiger partial charge in [-0.15, -0.1) is 0 Å². The molecule has 0 spiro atoms. The zero-order valence-corrected chi connectivity index (χ0v) is 17.4. The first-order valence-corrected chi connectivity index (χ1v) is 10.4. The first kappa shape index (κ1) is 20.7. The van der Waals surface area contributed by atoms with Gasteiger partial charge in [0, 0.05) is 31.5 Å². The number of carbonyl (C=O) groups is 3. The number of hydrogen-bond acceptors (Lipinski definition) is 5. The Labute approximate surface area is 180 Å². The van der Waals surface area contributed by atoms with E-state index < -0.39 is 0 Å². The van der Waals surface area contributed by atoms with Crippen molar-refractivity contribution in [3.05, 3.63) is 48.0 Å². The maximum absolute atomic E-state index is 12.8. The van der Waals surface area contributed by atoms with Crippen molar-refractivity contribution in [2.75, 3.05) is 36.5 Å². The summed E-state index contributed by atoms with van der Waals surface area (Å²) in [4.78, 5) is 40.7. The molecule has 2 heterocycles. The van der Waals surface area contributed by atoms with Crippen LogP contribution in [0.2, 0.25) is 0 Å². The van der Waals surface area contributed by atoms with Crippen molar-refractivity contribution in [1.82, 2.24) is 4.90 Å². The predicted octanol–water partition coefficient (Wildman–Crippen LogP) is 2.57. The van der Waals surface area contributed by atoms with Crippen molar-refractivity contribution < 1.29 is 23.9 Å². The third kappa shape index (κ3) is 4.47. The van der Waals surface area contributed by atoms with E-state index in [-0.39, 0.29) is 37.1 Å². The van der Waals surface area contributed by atoms with E-state index in [2.05, 4.69) is 5.32 Å². The van der Waals surface area contributed by atoms with Crippen molar-refractivity contribution in [2.45, 2.75) is 26.3 Å². The summed E-state index contributed by atoms with van der Waals surface area (Å²) in [5, 5.41) is 2.76. The summed E-state index contributed by atoms with van der Waals surface area (Å²) in [7, 11) is 0. The molecule has 2 aromatic carbocycles. The van der Waals surface area contributed by atoms with Gasteiger partial charge in [0.1, 0.15) is 19.8 Å².